The van der Waals surface area contributed by atoms with E-state index in [0.717, 1.165) is 32.5 Å². The van der Waals surface area contributed by atoms with Gasteiger partial charge in [0.25, 0.3) is 0 Å². The van der Waals surface area contributed by atoms with Crippen molar-refractivity contribution in [3.8, 4) is 0 Å². The molecule has 2 aromatic carbocycles. The van der Waals surface area contributed by atoms with Crippen LogP contribution in [0.2, 0.25) is 0 Å². The largest absolute Gasteiger partial charge is 0.356 e. The second-order valence-electron chi connectivity index (χ2n) is 9.36. The molecule has 3 rings (SSSR count). The molecule has 34 heavy (non-hydrogen) atoms. The van der Waals surface area contributed by atoms with Crippen molar-refractivity contribution in [3.63, 3.8) is 0 Å². The Morgan fingerprint density at radius 1 is 0.853 bits per heavy atom. The minimum absolute atomic E-state index is 0.00449. The molecular formula is C29H41N3O2. The molecule has 1 fully saturated rings. The second kappa shape index (κ2) is 13.9. The molecule has 0 saturated carbocycles. The molecule has 5 heteroatoms. The highest BCUT2D eigenvalue weighted by atomic mass is 16.2. The Bertz CT molecular complexity index is 824. The van der Waals surface area contributed by atoms with Gasteiger partial charge in [0.05, 0.1) is 6.04 Å². The number of carbonyl (C=O) groups excluding carboxylic acids is 2. The third-order valence-corrected chi connectivity index (χ3v) is 6.96. The molecule has 0 bridgehead atoms. The number of nitrogens with zero attached hydrogens (tertiary/aromatic N) is 2. The van der Waals surface area contributed by atoms with Gasteiger partial charge in [-0.2, -0.15) is 0 Å². The van der Waals surface area contributed by atoms with Gasteiger partial charge in [-0.05, 0) is 23.5 Å². The number of unbranched alkanes of at least 4 members (excludes halogenated alkanes) is 1. The van der Waals surface area contributed by atoms with Crippen molar-refractivity contribution in [3.05, 3.63) is 71.8 Å². The molecule has 0 unspecified atom stereocenters. The Balaban J connectivity index is 1.48. The summed E-state index contributed by atoms with van der Waals surface area (Å²) in [5.41, 5.74) is 2.55. The number of nitrogens with one attached hydrogen (secondary N) is 1. The van der Waals surface area contributed by atoms with Crippen molar-refractivity contribution < 1.29 is 9.59 Å². The van der Waals surface area contributed by atoms with Gasteiger partial charge in [-0.3, -0.25) is 14.5 Å². The molecular weight excluding hydrogens is 422 g/mol. The van der Waals surface area contributed by atoms with Gasteiger partial charge in [-0.25, -0.2) is 0 Å². The number of benzene rings is 2. The van der Waals surface area contributed by atoms with Gasteiger partial charge >= 0.3 is 0 Å². The molecule has 2 aromatic rings. The van der Waals surface area contributed by atoms with Crippen LogP contribution in [0.5, 0.6) is 0 Å². The summed E-state index contributed by atoms with van der Waals surface area (Å²) in [7, 11) is 0. The first-order chi connectivity index (χ1) is 16.6. The van der Waals surface area contributed by atoms with Crippen molar-refractivity contribution >= 4 is 11.8 Å². The zero-order chi connectivity index (χ0) is 24.2. The summed E-state index contributed by atoms with van der Waals surface area (Å²) >= 11 is 0. The average molecular weight is 464 g/mol. The fourth-order valence-corrected chi connectivity index (χ4v) is 4.78. The fourth-order valence-electron chi connectivity index (χ4n) is 4.78. The third kappa shape index (κ3) is 7.69. The Morgan fingerprint density at radius 2 is 1.44 bits per heavy atom. The van der Waals surface area contributed by atoms with Crippen molar-refractivity contribution in [1.82, 2.24) is 15.1 Å². The molecule has 1 heterocycles. The highest BCUT2D eigenvalue weighted by molar-refractivity contribution is 5.83. The molecule has 0 aromatic heterocycles. The summed E-state index contributed by atoms with van der Waals surface area (Å²) in [5.74, 6) is 0.619. The van der Waals surface area contributed by atoms with E-state index in [-0.39, 0.29) is 24.3 Å². The molecule has 0 spiro atoms. The maximum atomic E-state index is 12.8. The molecule has 0 radical (unpaired) electrons. The highest BCUT2D eigenvalue weighted by Crippen LogP contribution is 2.29. The first kappa shape index (κ1) is 26.0. The van der Waals surface area contributed by atoms with Gasteiger partial charge in [0.1, 0.15) is 0 Å². The summed E-state index contributed by atoms with van der Waals surface area (Å²) in [5, 5.41) is 3.04. The van der Waals surface area contributed by atoms with Gasteiger partial charge in [-0.15, -0.1) is 0 Å². The number of carbonyl (C=O) groups is 2. The molecule has 2 amide bonds. The van der Waals surface area contributed by atoms with Gasteiger partial charge in [0, 0.05) is 45.6 Å². The fraction of sp³-hybridized carbons (Fsp3) is 0.517. The van der Waals surface area contributed by atoms with Crippen LogP contribution < -0.4 is 5.32 Å². The summed E-state index contributed by atoms with van der Waals surface area (Å²) in [6.07, 6.45) is 5.19. The first-order valence-electron chi connectivity index (χ1n) is 13.0. The smallest absolute Gasteiger partial charge is 0.223 e. The maximum Gasteiger partial charge on any atom is 0.223 e. The summed E-state index contributed by atoms with van der Waals surface area (Å²) in [4.78, 5) is 29.5. The van der Waals surface area contributed by atoms with E-state index in [1.807, 2.05) is 17.0 Å². The van der Waals surface area contributed by atoms with Gasteiger partial charge in [0.2, 0.25) is 11.8 Å². The van der Waals surface area contributed by atoms with Crippen LogP contribution in [0.1, 0.15) is 69.5 Å². The van der Waals surface area contributed by atoms with Gasteiger partial charge in [0.15, 0.2) is 0 Å². The summed E-state index contributed by atoms with van der Waals surface area (Å²) in [6.45, 7) is 8.14. The second-order valence-corrected chi connectivity index (χ2v) is 9.36. The lowest BCUT2D eigenvalue weighted by atomic mass is 9.96. The Hall–Kier alpha value is -2.66. The van der Waals surface area contributed by atoms with Crippen LogP contribution in [0.4, 0.5) is 0 Å². The molecule has 1 N–H and O–H groups in total. The van der Waals surface area contributed by atoms with E-state index >= 15 is 0 Å². The molecule has 0 aliphatic carbocycles. The van der Waals surface area contributed by atoms with E-state index in [4.69, 9.17) is 0 Å². The van der Waals surface area contributed by atoms with Crippen molar-refractivity contribution in [2.45, 2.75) is 58.4 Å². The van der Waals surface area contributed by atoms with Crippen LogP contribution >= 0.6 is 0 Å². The number of rotatable bonds is 12. The zero-order valence-electron chi connectivity index (χ0n) is 20.9. The van der Waals surface area contributed by atoms with E-state index in [0.29, 0.717) is 25.4 Å². The quantitative estimate of drug-likeness (QED) is 0.480. The SMILES string of the molecule is CCCC[C@@H](CC)CNC(=O)CCC(=O)N1CCN(C(c2ccccc2)c2ccccc2)CC1. The van der Waals surface area contributed by atoms with E-state index < -0.39 is 0 Å². The van der Waals surface area contributed by atoms with E-state index in [2.05, 4.69) is 72.6 Å². The number of piperazine rings is 1. The Labute approximate surface area is 205 Å². The Morgan fingerprint density at radius 3 is 1.97 bits per heavy atom. The van der Waals surface area contributed by atoms with Gasteiger partial charge < -0.3 is 10.2 Å². The minimum Gasteiger partial charge on any atom is -0.356 e. The molecule has 1 saturated heterocycles. The van der Waals surface area contributed by atoms with Crippen LogP contribution in [0.3, 0.4) is 0 Å². The predicted molar refractivity (Wildman–Crippen MR) is 138 cm³/mol. The number of hydrogen-bond donors (Lipinski definition) is 1. The lowest BCUT2D eigenvalue weighted by Crippen LogP contribution is -2.50. The monoisotopic (exact) mass is 463 g/mol. The molecule has 1 aliphatic heterocycles. The zero-order valence-corrected chi connectivity index (χ0v) is 20.9. The van der Waals surface area contributed by atoms with E-state index in [1.54, 1.807) is 0 Å². The highest BCUT2D eigenvalue weighted by Gasteiger charge is 2.28. The van der Waals surface area contributed by atoms with Crippen LogP contribution in [-0.2, 0) is 9.59 Å². The molecule has 1 aliphatic rings. The first-order valence-corrected chi connectivity index (χ1v) is 13.0. The van der Waals surface area contributed by atoms with Crippen LogP contribution in [0.25, 0.3) is 0 Å². The predicted octanol–water partition coefficient (Wildman–Crippen LogP) is 5.03. The van der Waals surface area contributed by atoms with Crippen molar-refractivity contribution in [1.29, 1.82) is 0 Å². The number of amides is 2. The normalized spacial score (nSPS) is 15.3. The molecule has 1 atom stereocenters. The minimum atomic E-state index is -0.00449. The lowest BCUT2D eigenvalue weighted by molar-refractivity contribution is -0.135. The molecule has 5 nitrogen and oxygen atoms in total. The van der Waals surface area contributed by atoms with Crippen molar-refractivity contribution in [2.75, 3.05) is 32.7 Å². The van der Waals surface area contributed by atoms with E-state index in [1.165, 1.54) is 24.0 Å². The van der Waals surface area contributed by atoms with Crippen LogP contribution in [0.15, 0.2) is 60.7 Å². The Kier molecular flexibility index (Phi) is 10.6. The van der Waals surface area contributed by atoms with Gasteiger partial charge in [-0.1, -0.05) is 93.8 Å². The van der Waals surface area contributed by atoms with Crippen LogP contribution in [-0.4, -0.2) is 54.3 Å². The van der Waals surface area contributed by atoms with E-state index in [9.17, 15) is 9.59 Å². The van der Waals surface area contributed by atoms with Crippen molar-refractivity contribution in [2.24, 2.45) is 5.92 Å². The van der Waals surface area contributed by atoms with Crippen LogP contribution in [0, 0.1) is 5.92 Å². The third-order valence-electron chi connectivity index (χ3n) is 6.96. The summed E-state index contributed by atoms with van der Waals surface area (Å²) < 4.78 is 0. The topological polar surface area (TPSA) is 52.7 Å². The molecule has 184 valence electrons. The standard InChI is InChI=1S/C29H41N3O2/c1-3-5-12-24(4-2)23-30-27(33)17-18-28(34)31-19-21-32(22-20-31)29(25-13-8-6-9-14-25)26-15-10-7-11-16-26/h6-11,13-16,24,29H,3-5,12,17-23H2,1-2H3,(H,30,33)/t24-/m1/s1. The average Bonchev–Trinajstić information content (AvgIpc) is 2.89. The summed E-state index contributed by atoms with van der Waals surface area (Å²) in [6, 6.07) is 21.3. The lowest BCUT2D eigenvalue weighted by Gasteiger charge is -2.39. The maximum absolute atomic E-state index is 12.8. The number of hydrogen-bond acceptors (Lipinski definition) is 3.